The standard InChI is InChI=1S/C17H28O3/c1-11(13(18)14(19)20-4)17-7-12-5-15(2,9-17)8-16(3,6-12)10-17/h11-13,18H,5-10H2,1-4H3/t11?,12?,13?,15-,16+,17?. The molecule has 0 saturated heterocycles. The Morgan fingerprint density at radius 1 is 1.15 bits per heavy atom. The molecule has 3 nitrogen and oxygen atoms in total. The minimum Gasteiger partial charge on any atom is -0.467 e. The zero-order chi connectivity index (χ0) is 14.8. The molecular weight excluding hydrogens is 252 g/mol. The Morgan fingerprint density at radius 2 is 1.70 bits per heavy atom. The lowest BCUT2D eigenvalue weighted by Crippen LogP contribution is -2.59. The van der Waals surface area contributed by atoms with Gasteiger partial charge in [0.2, 0.25) is 0 Å². The number of aliphatic hydroxyl groups is 1. The summed E-state index contributed by atoms with van der Waals surface area (Å²) >= 11 is 0. The number of rotatable bonds is 3. The van der Waals surface area contributed by atoms with Gasteiger partial charge in [-0.1, -0.05) is 20.8 Å². The largest absolute Gasteiger partial charge is 0.467 e. The summed E-state index contributed by atoms with van der Waals surface area (Å²) in [6.45, 7) is 6.89. The van der Waals surface area contributed by atoms with Crippen molar-refractivity contribution in [3.05, 3.63) is 0 Å². The first-order valence-electron chi connectivity index (χ1n) is 7.97. The predicted molar refractivity (Wildman–Crippen MR) is 77.0 cm³/mol. The first-order valence-corrected chi connectivity index (χ1v) is 7.97. The Balaban J connectivity index is 1.90. The van der Waals surface area contributed by atoms with Crippen LogP contribution in [0.3, 0.4) is 0 Å². The number of hydrogen-bond donors (Lipinski definition) is 1. The highest BCUT2D eigenvalue weighted by Crippen LogP contribution is 2.71. The topological polar surface area (TPSA) is 46.5 Å². The number of aliphatic hydroxyl groups excluding tert-OH is 1. The molecule has 0 aromatic rings. The van der Waals surface area contributed by atoms with E-state index in [4.69, 9.17) is 4.74 Å². The van der Waals surface area contributed by atoms with Crippen LogP contribution in [0.5, 0.6) is 0 Å². The van der Waals surface area contributed by atoms with Crippen LogP contribution in [0.4, 0.5) is 0 Å². The summed E-state index contributed by atoms with van der Waals surface area (Å²) in [5, 5.41) is 10.3. The van der Waals surface area contributed by atoms with Crippen molar-refractivity contribution in [2.24, 2.45) is 28.1 Å². The minimum absolute atomic E-state index is 0.00278. The highest BCUT2D eigenvalue weighted by atomic mass is 16.5. The van der Waals surface area contributed by atoms with Crippen LogP contribution in [0.25, 0.3) is 0 Å². The predicted octanol–water partition coefficient (Wildman–Crippen LogP) is 3.15. The van der Waals surface area contributed by atoms with Crippen molar-refractivity contribution < 1.29 is 14.6 Å². The van der Waals surface area contributed by atoms with Crippen LogP contribution in [-0.2, 0) is 9.53 Å². The van der Waals surface area contributed by atoms with Crippen LogP contribution in [0.15, 0.2) is 0 Å². The quantitative estimate of drug-likeness (QED) is 0.808. The first-order chi connectivity index (χ1) is 9.21. The maximum absolute atomic E-state index is 11.7. The fourth-order valence-corrected chi connectivity index (χ4v) is 6.70. The second-order valence-corrected chi connectivity index (χ2v) is 8.75. The molecule has 0 aliphatic heterocycles. The van der Waals surface area contributed by atoms with Crippen LogP contribution < -0.4 is 0 Å². The SMILES string of the molecule is COC(=O)C(O)C(C)C12CC3C[C@@](C)(C1)C[C@](C)(C3)C2. The van der Waals surface area contributed by atoms with E-state index in [0.29, 0.717) is 10.8 Å². The number of esters is 1. The molecule has 4 bridgehead atoms. The van der Waals surface area contributed by atoms with Gasteiger partial charge in [-0.2, -0.15) is 0 Å². The van der Waals surface area contributed by atoms with Crippen molar-refractivity contribution in [1.82, 2.24) is 0 Å². The molecule has 4 saturated carbocycles. The van der Waals surface area contributed by atoms with E-state index < -0.39 is 12.1 Å². The monoisotopic (exact) mass is 280 g/mol. The molecule has 0 heterocycles. The lowest BCUT2D eigenvalue weighted by atomic mass is 9.38. The average molecular weight is 280 g/mol. The van der Waals surface area contributed by atoms with E-state index in [-0.39, 0.29) is 11.3 Å². The summed E-state index contributed by atoms with van der Waals surface area (Å²) in [4.78, 5) is 11.7. The Bertz CT molecular complexity index is 412. The second-order valence-electron chi connectivity index (χ2n) is 8.75. The van der Waals surface area contributed by atoms with E-state index in [1.54, 1.807) is 0 Å². The number of carbonyl (C=O) groups excluding carboxylic acids is 1. The Hall–Kier alpha value is -0.570. The van der Waals surface area contributed by atoms with E-state index in [9.17, 15) is 9.90 Å². The van der Waals surface area contributed by atoms with Crippen LogP contribution in [-0.4, -0.2) is 24.3 Å². The molecule has 4 rings (SSSR count). The van der Waals surface area contributed by atoms with E-state index >= 15 is 0 Å². The van der Waals surface area contributed by atoms with Gasteiger partial charge in [-0.15, -0.1) is 0 Å². The van der Waals surface area contributed by atoms with Crippen molar-refractivity contribution in [3.63, 3.8) is 0 Å². The molecule has 0 aromatic heterocycles. The summed E-state index contributed by atoms with van der Waals surface area (Å²) in [5.41, 5.74) is 0.965. The molecule has 3 heteroatoms. The fraction of sp³-hybridized carbons (Fsp3) is 0.941. The minimum atomic E-state index is -0.969. The van der Waals surface area contributed by atoms with Crippen LogP contribution >= 0.6 is 0 Å². The summed E-state index contributed by atoms with van der Waals surface area (Å²) in [5.74, 6) is 0.314. The number of carbonyl (C=O) groups is 1. The zero-order valence-corrected chi connectivity index (χ0v) is 13.2. The molecular formula is C17H28O3. The van der Waals surface area contributed by atoms with Gasteiger partial charge in [-0.3, -0.25) is 0 Å². The van der Waals surface area contributed by atoms with Gasteiger partial charge in [0, 0.05) is 0 Å². The molecule has 0 amide bonds. The van der Waals surface area contributed by atoms with Crippen LogP contribution in [0.1, 0.15) is 59.3 Å². The molecule has 114 valence electrons. The van der Waals surface area contributed by atoms with Crippen molar-refractivity contribution in [2.45, 2.75) is 65.4 Å². The molecule has 0 spiro atoms. The van der Waals surface area contributed by atoms with Crippen molar-refractivity contribution in [1.29, 1.82) is 0 Å². The van der Waals surface area contributed by atoms with Crippen LogP contribution in [0.2, 0.25) is 0 Å². The van der Waals surface area contributed by atoms with E-state index in [0.717, 1.165) is 5.92 Å². The zero-order valence-electron chi connectivity index (χ0n) is 13.2. The van der Waals surface area contributed by atoms with Crippen molar-refractivity contribution >= 4 is 5.97 Å². The molecule has 4 fully saturated rings. The van der Waals surface area contributed by atoms with Gasteiger partial charge in [0.25, 0.3) is 0 Å². The van der Waals surface area contributed by atoms with Gasteiger partial charge in [-0.25, -0.2) is 4.79 Å². The summed E-state index contributed by atoms with van der Waals surface area (Å²) in [7, 11) is 1.36. The Morgan fingerprint density at radius 3 is 2.15 bits per heavy atom. The molecule has 20 heavy (non-hydrogen) atoms. The lowest BCUT2D eigenvalue weighted by molar-refractivity contribution is -0.189. The molecule has 4 unspecified atom stereocenters. The number of methoxy groups -OCH3 is 1. The maximum Gasteiger partial charge on any atom is 0.334 e. The van der Waals surface area contributed by atoms with Crippen molar-refractivity contribution in [3.8, 4) is 0 Å². The number of ether oxygens (including phenoxy) is 1. The van der Waals surface area contributed by atoms with Gasteiger partial charge >= 0.3 is 5.97 Å². The molecule has 4 aliphatic rings. The molecule has 4 aliphatic carbocycles. The highest BCUT2D eigenvalue weighted by Gasteiger charge is 2.62. The van der Waals surface area contributed by atoms with Gasteiger partial charge in [0.1, 0.15) is 0 Å². The maximum atomic E-state index is 11.7. The third-order valence-corrected chi connectivity index (χ3v) is 6.55. The van der Waals surface area contributed by atoms with Crippen molar-refractivity contribution in [2.75, 3.05) is 7.11 Å². The van der Waals surface area contributed by atoms with Gasteiger partial charge in [0.15, 0.2) is 6.10 Å². The van der Waals surface area contributed by atoms with Crippen LogP contribution in [0, 0.1) is 28.1 Å². The summed E-state index contributed by atoms with van der Waals surface area (Å²) in [6, 6.07) is 0. The van der Waals surface area contributed by atoms with E-state index in [1.165, 1.54) is 45.6 Å². The highest BCUT2D eigenvalue weighted by molar-refractivity contribution is 5.74. The number of hydrogen-bond acceptors (Lipinski definition) is 3. The second kappa shape index (κ2) is 4.22. The first kappa shape index (κ1) is 14.4. The Labute approximate surface area is 122 Å². The van der Waals surface area contributed by atoms with Gasteiger partial charge in [-0.05, 0) is 66.6 Å². The lowest BCUT2D eigenvalue weighted by Gasteiger charge is -2.67. The average Bonchev–Trinajstić information content (AvgIpc) is 2.31. The Kier molecular flexibility index (Phi) is 3.03. The molecule has 0 aromatic carbocycles. The molecule has 6 atom stereocenters. The fourth-order valence-electron chi connectivity index (χ4n) is 6.70. The molecule has 1 N–H and O–H groups in total. The van der Waals surface area contributed by atoms with Gasteiger partial charge in [0.05, 0.1) is 7.11 Å². The van der Waals surface area contributed by atoms with Gasteiger partial charge < -0.3 is 9.84 Å². The van der Waals surface area contributed by atoms with E-state index in [2.05, 4.69) is 20.8 Å². The summed E-state index contributed by atoms with van der Waals surface area (Å²) < 4.78 is 4.76. The summed E-state index contributed by atoms with van der Waals surface area (Å²) in [6.07, 6.45) is 6.55. The normalized spacial score (nSPS) is 49.0. The van der Waals surface area contributed by atoms with E-state index in [1.807, 2.05) is 0 Å². The third-order valence-electron chi connectivity index (χ3n) is 6.55. The molecule has 0 radical (unpaired) electrons. The third kappa shape index (κ3) is 2.01. The smallest absolute Gasteiger partial charge is 0.334 e.